The number of aliphatic hydroxyl groups excluding tert-OH is 2. The summed E-state index contributed by atoms with van der Waals surface area (Å²) in [6.45, 7) is 43.1. The molecule has 6 aliphatic rings. The standard InChI is InChI=1S/C100H188O30/c1-19-34-49-104-64-74-83(111-56-41-26-8)88(114-59-44-29-11)80(103)97(124-74)119-69-73-79(102)89(92(117-62-47-32-14)98(121-73)127-86-77(67-107-52-37-22-4)122-95(118-63-48-33-15)70(16)81(86)109-54-39-24-6)129-100-94(91(116-61-46-31-13)85(113-58-43-28-10)76(126-100)66-106-51-36-21-3)130-96-71(17)82(110-55-40-25-7)87(78(123-96)68-108-53-38-23-5)128-99-93(120-72(18)101)90(115-60-45-30-12)84(112-57-42-27-9)75(125-99)65-105-50-35-20-2/h70-71,73-100,102-103H,19-69H2,1-18H3/t70-,71-,73?,74?,75?,76?,77?,78?,79+,80+,81?,82?,83+,84-,85-,86+,87+,88?,89?,90?,91?,92+,93-,94-,95+,96-,97-,98-,99-,100-/m0/s1. The van der Waals surface area contributed by atoms with Gasteiger partial charge >= 0.3 is 5.97 Å². The third-order valence-corrected chi connectivity index (χ3v) is 24.9. The number of carbonyl (C=O) groups excluding carboxylic acids is 1. The molecule has 0 aliphatic carbocycles. The second-order valence-corrected chi connectivity index (χ2v) is 36.3. The molecular weight excluding hydrogens is 1680 g/mol. The van der Waals surface area contributed by atoms with Crippen molar-refractivity contribution >= 4 is 5.97 Å². The summed E-state index contributed by atoms with van der Waals surface area (Å²) >= 11 is 0. The zero-order chi connectivity index (χ0) is 94.1. The van der Waals surface area contributed by atoms with Crippen molar-refractivity contribution < 1.29 is 143 Å². The van der Waals surface area contributed by atoms with Crippen LogP contribution >= 0.6 is 0 Å². The normalized spacial score (nSPS) is 33.3. The smallest absolute Gasteiger partial charge is 0.303 e. The van der Waals surface area contributed by atoms with Crippen LogP contribution in [0.1, 0.15) is 317 Å². The molecule has 0 radical (unpaired) electrons. The van der Waals surface area contributed by atoms with Gasteiger partial charge < -0.3 is 138 Å². The molecule has 12 unspecified atom stereocenters. The fourth-order valence-electron chi connectivity index (χ4n) is 16.7. The zero-order valence-corrected chi connectivity index (χ0v) is 84.2. The minimum Gasteiger partial charge on any atom is -0.454 e. The first kappa shape index (κ1) is 117. The Balaban J connectivity index is 1.63. The van der Waals surface area contributed by atoms with Gasteiger partial charge in [0.25, 0.3) is 0 Å². The van der Waals surface area contributed by atoms with Crippen LogP contribution in [0.5, 0.6) is 0 Å². The van der Waals surface area contributed by atoms with Gasteiger partial charge in [-0.25, -0.2) is 0 Å². The average molecular weight is 1870 g/mol. The van der Waals surface area contributed by atoms with Crippen LogP contribution in [0.15, 0.2) is 0 Å². The molecule has 30 atom stereocenters. The van der Waals surface area contributed by atoms with E-state index in [0.29, 0.717) is 105 Å². The Morgan fingerprint density at radius 1 is 0.215 bits per heavy atom. The summed E-state index contributed by atoms with van der Waals surface area (Å²) in [5.74, 6) is -1.62. The van der Waals surface area contributed by atoms with Gasteiger partial charge in [-0.05, 0) is 96.3 Å². The van der Waals surface area contributed by atoms with Crippen LogP contribution in [0.3, 0.4) is 0 Å². The van der Waals surface area contributed by atoms with Crippen LogP contribution in [-0.2, 0) is 133 Å². The minimum atomic E-state index is -1.63. The molecular formula is C100H188O30. The molecule has 0 aromatic rings. The van der Waals surface area contributed by atoms with Gasteiger partial charge in [-0.15, -0.1) is 0 Å². The molecule has 6 aliphatic heterocycles. The van der Waals surface area contributed by atoms with Crippen molar-refractivity contribution in [3.63, 3.8) is 0 Å². The number of ether oxygens (including phenoxy) is 27. The monoisotopic (exact) mass is 1870 g/mol. The fourth-order valence-corrected chi connectivity index (χ4v) is 16.7. The molecule has 30 nitrogen and oxygen atoms in total. The molecule has 0 spiro atoms. The Labute approximate surface area is 785 Å². The minimum absolute atomic E-state index is 0.00959. The summed E-state index contributed by atoms with van der Waals surface area (Å²) in [7, 11) is 0. The number of rotatable bonds is 77. The first-order valence-corrected chi connectivity index (χ1v) is 52.2. The van der Waals surface area contributed by atoms with E-state index in [9.17, 15) is 15.0 Å². The van der Waals surface area contributed by atoms with Crippen molar-refractivity contribution in [2.24, 2.45) is 11.8 Å². The first-order valence-electron chi connectivity index (χ1n) is 52.2. The van der Waals surface area contributed by atoms with Crippen molar-refractivity contribution in [1.29, 1.82) is 0 Å². The molecule has 6 fully saturated rings. The molecule has 6 heterocycles. The molecule has 0 aromatic carbocycles. The summed E-state index contributed by atoms with van der Waals surface area (Å²) in [4.78, 5) is 13.7. The van der Waals surface area contributed by atoms with E-state index >= 15 is 0 Å². The Kier molecular flexibility index (Phi) is 63.8. The van der Waals surface area contributed by atoms with Gasteiger partial charge in [0.15, 0.2) is 43.8 Å². The second-order valence-electron chi connectivity index (χ2n) is 36.3. The summed E-state index contributed by atoms with van der Waals surface area (Å²) < 4.78 is 190. The third kappa shape index (κ3) is 39.8. The molecule has 6 saturated heterocycles. The molecule has 6 rings (SSSR count). The van der Waals surface area contributed by atoms with E-state index in [1.54, 1.807) is 0 Å². The highest BCUT2D eigenvalue weighted by Gasteiger charge is 2.60. The molecule has 130 heavy (non-hydrogen) atoms. The molecule has 0 bridgehead atoms. The Hall–Kier alpha value is -1.65. The van der Waals surface area contributed by atoms with Crippen LogP contribution < -0.4 is 0 Å². The Morgan fingerprint density at radius 2 is 0.462 bits per heavy atom. The number of esters is 1. The van der Waals surface area contributed by atoms with Crippen LogP contribution in [0, 0.1) is 11.8 Å². The van der Waals surface area contributed by atoms with Crippen LogP contribution in [0.25, 0.3) is 0 Å². The van der Waals surface area contributed by atoms with Gasteiger partial charge in [0.05, 0.1) is 51.8 Å². The van der Waals surface area contributed by atoms with Gasteiger partial charge in [0.2, 0.25) is 0 Å². The quantitative estimate of drug-likeness (QED) is 0.0422. The van der Waals surface area contributed by atoms with Crippen molar-refractivity contribution in [3.05, 3.63) is 0 Å². The van der Waals surface area contributed by atoms with E-state index in [1.807, 2.05) is 6.92 Å². The third-order valence-electron chi connectivity index (χ3n) is 24.9. The lowest BCUT2D eigenvalue weighted by molar-refractivity contribution is -0.406. The number of hydrogen-bond acceptors (Lipinski definition) is 30. The molecule has 0 saturated carbocycles. The van der Waals surface area contributed by atoms with Gasteiger partial charge in [0.1, 0.15) is 116 Å². The van der Waals surface area contributed by atoms with Crippen LogP contribution in [-0.4, -0.2) is 327 Å². The van der Waals surface area contributed by atoms with Gasteiger partial charge in [0, 0.05) is 118 Å². The van der Waals surface area contributed by atoms with E-state index in [2.05, 4.69) is 111 Å². The maximum atomic E-state index is 14.0. The van der Waals surface area contributed by atoms with Gasteiger partial charge in [-0.1, -0.05) is 214 Å². The number of hydrogen-bond donors (Lipinski definition) is 2. The summed E-state index contributed by atoms with van der Waals surface area (Å²) in [6, 6.07) is 0. The summed E-state index contributed by atoms with van der Waals surface area (Å²) in [5, 5.41) is 26.8. The Bertz CT molecular complexity index is 2690. The van der Waals surface area contributed by atoms with Crippen molar-refractivity contribution in [2.75, 3.05) is 139 Å². The molecule has 30 heteroatoms. The Morgan fingerprint density at radius 3 is 0.831 bits per heavy atom. The SMILES string of the molecule is CCCCOCC1O[C@H](OCC2O[C@@H](O[C@@H]3C(COCCCC)O[C@@H](OCCCC)[C@@H](C)C3OCCCC)[C@H](OCCCC)C(O[C@@H]3OC(COCCCC)[C@H](OCCCC)C(OCCCC)[C@@H]3O[C@@H]3OC(COCCCC)[C@@H](O[C@@H]4OC(COCCCC)[C@H](OCCCC)C(OCCCC)[C@@H]4OC(C)=O)C(OCCCC)[C@@H]3C)[C@@H]2O)[C@H](O)C(OCCCC)[C@@H]1OCCCC. The second kappa shape index (κ2) is 70.9. The van der Waals surface area contributed by atoms with E-state index < -0.39 is 191 Å². The van der Waals surface area contributed by atoms with E-state index in [-0.39, 0.29) is 52.2 Å². The molecule has 2 N–H and O–H groups in total. The molecule has 768 valence electrons. The van der Waals surface area contributed by atoms with Crippen LogP contribution in [0.4, 0.5) is 0 Å². The van der Waals surface area contributed by atoms with Crippen molar-refractivity contribution in [1.82, 2.24) is 0 Å². The maximum Gasteiger partial charge on any atom is 0.303 e. The van der Waals surface area contributed by atoms with Gasteiger partial charge in [-0.3, -0.25) is 4.79 Å². The number of carbonyl (C=O) groups is 1. The number of unbranched alkanes of at least 4 members (excludes halogenated alkanes) is 15. The van der Waals surface area contributed by atoms with E-state index in [1.165, 1.54) is 6.92 Å². The average Bonchev–Trinajstić information content (AvgIpc) is 0.760. The van der Waals surface area contributed by atoms with E-state index in [0.717, 1.165) is 173 Å². The zero-order valence-electron chi connectivity index (χ0n) is 84.2. The summed E-state index contributed by atoms with van der Waals surface area (Å²) in [6.07, 6.45) is -4.69. The topological polar surface area (TPSA) is 307 Å². The summed E-state index contributed by atoms with van der Waals surface area (Å²) in [5.41, 5.74) is 0. The first-order chi connectivity index (χ1) is 63.5. The number of aliphatic hydroxyl groups is 2. The lowest BCUT2D eigenvalue weighted by Crippen LogP contribution is -2.69. The highest BCUT2D eigenvalue weighted by Crippen LogP contribution is 2.43. The van der Waals surface area contributed by atoms with Crippen molar-refractivity contribution in [2.45, 2.75) is 489 Å². The predicted octanol–water partition coefficient (Wildman–Crippen LogP) is 16.4. The maximum absolute atomic E-state index is 14.0. The van der Waals surface area contributed by atoms with E-state index in [4.69, 9.17) is 128 Å². The fraction of sp³-hybridized carbons (Fsp3) is 0.990. The largest absolute Gasteiger partial charge is 0.454 e. The van der Waals surface area contributed by atoms with Crippen molar-refractivity contribution in [3.8, 4) is 0 Å². The van der Waals surface area contributed by atoms with Crippen LogP contribution in [0.2, 0.25) is 0 Å². The lowest BCUT2D eigenvalue weighted by Gasteiger charge is -2.53. The lowest BCUT2D eigenvalue weighted by atomic mass is 9.90. The molecule has 0 aromatic heterocycles. The predicted molar refractivity (Wildman–Crippen MR) is 495 cm³/mol. The van der Waals surface area contributed by atoms with Gasteiger partial charge in [-0.2, -0.15) is 0 Å². The highest BCUT2D eigenvalue weighted by molar-refractivity contribution is 5.66. The highest BCUT2D eigenvalue weighted by atomic mass is 16.8. The molecule has 0 amide bonds.